The molecule has 1 saturated heterocycles. The third-order valence-corrected chi connectivity index (χ3v) is 5.04. The number of likely N-dealkylation sites (tertiary alicyclic amines) is 1. The van der Waals surface area contributed by atoms with Crippen molar-refractivity contribution in [2.75, 3.05) is 6.54 Å². The number of benzene rings is 2. The highest BCUT2D eigenvalue weighted by Gasteiger charge is 2.19. The minimum absolute atomic E-state index is 0.259. The summed E-state index contributed by atoms with van der Waals surface area (Å²) in [5.74, 6) is -0.259. The maximum atomic E-state index is 12.3. The quantitative estimate of drug-likeness (QED) is 0.739. The number of hydrogen-bond donors (Lipinski definition) is 0. The molecule has 1 unspecified atom stereocenters. The smallest absolute Gasteiger partial charge is 0.338 e. The van der Waals surface area contributed by atoms with Gasteiger partial charge in [-0.05, 0) is 56.5 Å². The van der Waals surface area contributed by atoms with E-state index in [9.17, 15) is 4.79 Å². The zero-order valence-corrected chi connectivity index (χ0v) is 15.2. The van der Waals surface area contributed by atoms with E-state index in [1.54, 1.807) is 6.07 Å². The summed E-state index contributed by atoms with van der Waals surface area (Å²) in [7, 11) is 0. The molecule has 2 aromatic rings. The fourth-order valence-electron chi connectivity index (χ4n) is 3.46. The summed E-state index contributed by atoms with van der Waals surface area (Å²) < 4.78 is 5.57. The van der Waals surface area contributed by atoms with E-state index >= 15 is 0 Å². The number of carbonyl (C=O) groups is 1. The van der Waals surface area contributed by atoms with Gasteiger partial charge in [0.1, 0.15) is 6.61 Å². The molecule has 1 atom stereocenters. The molecular formula is C22H27NO2. The second-order valence-corrected chi connectivity index (χ2v) is 7.03. The standard InChI is InChI=1S/C22H27NO2/c1-17-8-7-12-19(14-17)22(24)25-16-21-11-4-3-10-20(21)15-23-13-6-5-9-18(23)2/h3-4,7-8,10-12,14,18H,5-6,9,13,15-16H2,1-2H3. The second kappa shape index (κ2) is 8.30. The van der Waals surface area contributed by atoms with E-state index in [1.165, 1.54) is 24.8 Å². The Hall–Kier alpha value is -2.13. The number of carbonyl (C=O) groups excluding carboxylic acids is 1. The van der Waals surface area contributed by atoms with E-state index in [4.69, 9.17) is 4.74 Å². The van der Waals surface area contributed by atoms with E-state index in [0.717, 1.165) is 24.2 Å². The average molecular weight is 337 g/mol. The summed E-state index contributed by atoms with van der Waals surface area (Å²) >= 11 is 0. The Morgan fingerprint density at radius 1 is 1.12 bits per heavy atom. The van der Waals surface area contributed by atoms with Crippen LogP contribution in [0.3, 0.4) is 0 Å². The van der Waals surface area contributed by atoms with Crippen LogP contribution in [0.4, 0.5) is 0 Å². The molecule has 132 valence electrons. The number of nitrogens with zero attached hydrogens (tertiary/aromatic N) is 1. The van der Waals surface area contributed by atoms with Gasteiger partial charge in [-0.25, -0.2) is 4.79 Å². The number of hydrogen-bond acceptors (Lipinski definition) is 3. The van der Waals surface area contributed by atoms with Gasteiger partial charge in [0.25, 0.3) is 0 Å². The van der Waals surface area contributed by atoms with Gasteiger partial charge in [-0.3, -0.25) is 4.90 Å². The van der Waals surface area contributed by atoms with E-state index in [2.05, 4.69) is 30.0 Å². The molecular weight excluding hydrogens is 310 g/mol. The highest BCUT2D eigenvalue weighted by Crippen LogP contribution is 2.21. The molecule has 0 N–H and O–H groups in total. The number of aryl methyl sites for hydroxylation is 1. The number of ether oxygens (including phenoxy) is 1. The second-order valence-electron chi connectivity index (χ2n) is 7.03. The molecule has 1 aliphatic rings. The first-order valence-corrected chi connectivity index (χ1v) is 9.18. The van der Waals surface area contributed by atoms with E-state index in [-0.39, 0.29) is 5.97 Å². The topological polar surface area (TPSA) is 29.5 Å². The molecule has 1 fully saturated rings. The molecule has 0 spiro atoms. The Morgan fingerprint density at radius 2 is 1.92 bits per heavy atom. The van der Waals surface area contributed by atoms with Crippen molar-refractivity contribution in [1.82, 2.24) is 4.90 Å². The summed E-state index contributed by atoms with van der Waals surface area (Å²) in [5.41, 5.74) is 4.03. The molecule has 3 heteroatoms. The first-order valence-electron chi connectivity index (χ1n) is 9.18. The zero-order valence-electron chi connectivity index (χ0n) is 15.2. The lowest BCUT2D eigenvalue weighted by molar-refractivity contribution is 0.0470. The maximum absolute atomic E-state index is 12.3. The summed E-state index contributed by atoms with van der Waals surface area (Å²) in [4.78, 5) is 14.8. The Labute approximate surface area is 150 Å². The van der Waals surface area contributed by atoms with Crippen LogP contribution in [0.25, 0.3) is 0 Å². The van der Waals surface area contributed by atoms with Crippen molar-refractivity contribution in [2.45, 2.75) is 52.3 Å². The Balaban J connectivity index is 1.65. The van der Waals surface area contributed by atoms with Crippen LogP contribution >= 0.6 is 0 Å². The molecule has 0 bridgehead atoms. The van der Waals surface area contributed by atoms with Crippen LogP contribution in [0.5, 0.6) is 0 Å². The largest absolute Gasteiger partial charge is 0.457 e. The lowest BCUT2D eigenvalue weighted by Crippen LogP contribution is -2.37. The van der Waals surface area contributed by atoms with E-state index in [0.29, 0.717) is 18.2 Å². The van der Waals surface area contributed by atoms with Crippen LogP contribution in [-0.4, -0.2) is 23.5 Å². The van der Waals surface area contributed by atoms with Crippen molar-refractivity contribution in [1.29, 1.82) is 0 Å². The normalized spacial score (nSPS) is 18.1. The lowest BCUT2D eigenvalue weighted by Gasteiger charge is -2.33. The first kappa shape index (κ1) is 17.7. The molecule has 0 amide bonds. The van der Waals surface area contributed by atoms with Gasteiger partial charge in [0.15, 0.2) is 0 Å². The van der Waals surface area contributed by atoms with Gasteiger partial charge in [0.2, 0.25) is 0 Å². The zero-order chi connectivity index (χ0) is 17.6. The van der Waals surface area contributed by atoms with Gasteiger partial charge in [-0.2, -0.15) is 0 Å². The predicted molar refractivity (Wildman–Crippen MR) is 100 cm³/mol. The van der Waals surface area contributed by atoms with Crippen molar-refractivity contribution in [2.24, 2.45) is 0 Å². The fourth-order valence-corrected chi connectivity index (χ4v) is 3.46. The average Bonchev–Trinajstić information content (AvgIpc) is 2.62. The van der Waals surface area contributed by atoms with Crippen molar-refractivity contribution >= 4 is 5.97 Å². The molecule has 0 saturated carbocycles. The fraction of sp³-hybridized carbons (Fsp3) is 0.409. The predicted octanol–water partition coefficient (Wildman–Crippen LogP) is 4.73. The molecule has 3 nitrogen and oxygen atoms in total. The summed E-state index contributed by atoms with van der Waals surface area (Å²) in [5, 5.41) is 0. The molecule has 2 aromatic carbocycles. The van der Waals surface area contributed by atoms with Crippen LogP contribution in [0, 0.1) is 6.92 Å². The molecule has 0 radical (unpaired) electrons. The molecule has 0 aromatic heterocycles. The Morgan fingerprint density at radius 3 is 2.68 bits per heavy atom. The van der Waals surface area contributed by atoms with Crippen LogP contribution in [0.1, 0.15) is 53.2 Å². The molecule has 1 aliphatic heterocycles. The van der Waals surface area contributed by atoms with Gasteiger partial charge in [-0.1, -0.05) is 48.4 Å². The molecule has 0 aliphatic carbocycles. The summed E-state index contributed by atoms with van der Waals surface area (Å²) in [6.07, 6.45) is 3.87. The van der Waals surface area contributed by atoms with E-state index < -0.39 is 0 Å². The summed E-state index contributed by atoms with van der Waals surface area (Å²) in [6, 6.07) is 16.4. The van der Waals surface area contributed by atoms with Crippen molar-refractivity contribution in [3.63, 3.8) is 0 Å². The van der Waals surface area contributed by atoms with Crippen LogP contribution in [0.2, 0.25) is 0 Å². The molecule has 1 heterocycles. The van der Waals surface area contributed by atoms with Crippen LogP contribution < -0.4 is 0 Å². The third-order valence-electron chi connectivity index (χ3n) is 5.04. The van der Waals surface area contributed by atoms with Gasteiger partial charge in [0, 0.05) is 12.6 Å². The van der Waals surface area contributed by atoms with Gasteiger partial charge < -0.3 is 4.74 Å². The van der Waals surface area contributed by atoms with Crippen LogP contribution in [-0.2, 0) is 17.9 Å². The highest BCUT2D eigenvalue weighted by atomic mass is 16.5. The van der Waals surface area contributed by atoms with Crippen molar-refractivity contribution < 1.29 is 9.53 Å². The number of rotatable bonds is 5. The Kier molecular flexibility index (Phi) is 5.87. The number of piperidine rings is 1. The lowest BCUT2D eigenvalue weighted by atomic mass is 10.0. The van der Waals surface area contributed by atoms with Crippen molar-refractivity contribution in [3.05, 3.63) is 70.8 Å². The minimum atomic E-state index is -0.259. The first-order chi connectivity index (χ1) is 12.1. The van der Waals surface area contributed by atoms with Crippen molar-refractivity contribution in [3.8, 4) is 0 Å². The molecule has 25 heavy (non-hydrogen) atoms. The van der Waals surface area contributed by atoms with Gasteiger partial charge >= 0.3 is 5.97 Å². The van der Waals surface area contributed by atoms with Gasteiger partial charge in [0.05, 0.1) is 5.56 Å². The maximum Gasteiger partial charge on any atom is 0.338 e. The SMILES string of the molecule is Cc1cccc(C(=O)OCc2ccccc2CN2CCCCC2C)c1. The third kappa shape index (κ3) is 4.70. The van der Waals surface area contributed by atoms with Gasteiger partial charge in [-0.15, -0.1) is 0 Å². The minimum Gasteiger partial charge on any atom is -0.457 e. The molecule has 3 rings (SSSR count). The Bertz CT molecular complexity index is 725. The van der Waals surface area contributed by atoms with Crippen LogP contribution in [0.15, 0.2) is 48.5 Å². The van der Waals surface area contributed by atoms with E-state index in [1.807, 2.05) is 31.2 Å². The highest BCUT2D eigenvalue weighted by molar-refractivity contribution is 5.89. The monoisotopic (exact) mass is 337 g/mol. The number of esters is 1. The summed E-state index contributed by atoms with van der Waals surface area (Å²) in [6.45, 7) is 6.69.